The lowest BCUT2D eigenvalue weighted by Gasteiger charge is -2.41. The molecule has 1 amide bonds. The molecule has 0 spiro atoms. The standard InChI is InChI=1S/C27H38F3N3O4/c1-26(2,3)22-21(32-14-6-7-19(32)17-31-12-4-5-13-31)9-8-20(24(34)35)23(22)33(25(36)27(28,29)30)18-10-15-37-16-11-18/h8-9,18-19H,4-7,10-17H2,1-3H3,(H,34,35)/t19-/m0/s1. The maximum atomic E-state index is 14.0. The van der Waals surface area contributed by atoms with E-state index in [1.54, 1.807) is 6.07 Å². The summed E-state index contributed by atoms with van der Waals surface area (Å²) in [5.41, 5.74) is 0.0595. The number of carbonyl (C=O) groups excluding carboxylic acids is 1. The van der Waals surface area contributed by atoms with E-state index < -0.39 is 29.5 Å². The van der Waals surface area contributed by atoms with Gasteiger partial charge in [0.15, 0.2) is 0 Å². The molecule has 1 aromatic rings. The highest BCUT2D eigenvalue weighted by Gasteiger charge is 2.48. The first-order chi connectivity index (χ1) is 17.4. The molecular formula is C27H38F3N3O4. The molecule has 206 valence electrons. The Morgan fingerprint density at radius 2 is 1.68 bits per heavy atom. The SMILES string of the molecule is CC(C)(C)c1c(N2CCC[C@H]2CN2CCCC2)ccc(C(=O)O)c1N(C(=O)C(F)(F)F)C1CCOCC1. The molecule has 0 aromatic heterocycles. The molecular weight excluding hydrogens is 487 g/mol. The van der Waals surface area contributed by atoms with Crippen LogP contribution in [0.25, 0.3) is 0 Å². The van der Waals surface area contributed by atoms with E-state index in [1.165, 1.54) is 6.07 Å². The van der Waals surface area contributed by atoms with Crippen molar-refractivity contribution in [3.05, 3.63) is 23.3 Å². The van der Waals surface area contributed by atoms with Gasteiger partial charge in [-0.15, -0.1) is 0 Å². The highest BCUT2D eigenvalue weighted by Crippen LogP contribution is 2.46. The van der Waals surface area contributed by atoms with Gasteiger partial charge in [0, 0.05) is 49.6 Å². The molecule has 1 aromatic carbocycles. The topological polar surface area (TPSA) is 73.3 Å². The minimum Gasteiger partial charge on any atom is -0.478 e. The Hall–Kier alpha value is -2.33. The number of carboxylic acids is 1. The van der Waals surface area contributed by atoms with Crippen LogP contribution in [0.1, 0.15) is 75.2 Å². The fourth-order valence-electron chi connectivity index (χ4n) is 6.12. The number of ether oxygens (including phenoxy) is 1. The summed E-state index contributed by atoms with van der Waals surface area (Å²) < 4.78 is 47.4. The highest BCUT2D eigenvalue weighted by atomic mass is 19.4. The van der Waals surface area contributed by atoms with Gasteiger partial charge in [0.1, 0.15) is 0 Å². The van der Waals surface area contributed by atoms with Crippen molar-refractivity contribution in [3.8, 4) is 0 Å². The van der Waals surface area contributed by atoms with E-state index in [2.05, 4.69) is 9.80 Å². The third-order valence-electron chi connectivity index (χ3n) is 7.75. The van der Waals surface area contributed by atoms with Crippen molar-refractivity contribution in [2.75, 3.05) is 49.2 Å². The number of hydrogen-bond donors (Lipinski definition) is 1. The van der Waals surface area contributed by atoms with E-state index in [0.717, 1.165) is 62.4 Å². The quantitative estimate of drug-likeness (QED) is 0.574. The van der Waals surface area contributed by atoms with Crippen LogP contribution in [-0.2, 0) is 14.9 Å². The second-order valence-corrected chi connectivity index (χ2v) is 11.4. The summed E-state index contributed by atoms with van der Waals surface area (Å²) in [4.78, 5) is 30.8. The van der Waals surface area contributed by atoms with Crippen LogP contribution in [0.5, 0.6) is 0 Å². The van der Waals surface area contributed by atoms with Gasteiger partial charge in [-0.25, -0.2) is 4.79 Å². The number of nitrogens with zero attached hydrogens (tertiary/aromatic N) is 3. The second-order valence-electron chi connectivity index (χ2n) is 11.4. The van der Waals surface area contributed by atoms with E-state index in [4.69, 9.17) is 4.74 Å². The van der Waals surface area contributed by atoms with Gasteiger partial charge in [0.25, 0.3) is 0 Å². The number of aromatic carboxylic acids is 1. The number of anilines is 2. The summed E-state index contributed by atoms with van der Waals surface area (Å²) in [7, 11) is 0. The Balaban J connectivity index is 1.90. The molecule has 3 fully saturated rings. The minimum atomic E-state index is -5.15. The summed E-state index contributed by atoms with van der Waals surface area (Å²) in [6.45, 7) is 9.70. The number of alkyl halides is 3. The van der Waals surface area contributed by atoms with Crippen LogP contribution >= 0.6 is 0 Å². The van der Waals surface area contributed by atoms with Crippen molar-refractivity contribution in [2.24, 2.45) is 0 Å². The fraction of sp³-hybridized carbons (Fsp3) is 0.704. The van der Waals surface area contributed by atoms with Crippen LogP contribution in [0.3, 0.4) is 0 Å². The van der Waals surface area contributed by atoms with Gasteiger partial charge in [-0.3, -0.25) is 4.79 Å². The first-order valence-corrected chi connectivity index (χ1v) is 13.3. The Labute approximate surface area is 216 Å². The number of halogens is 3. The number of amides is 1. The summed E-state index contributed by atoms with van der Waals surface area (Å²) in [6, 6.07) is 2.48. The molecule has 10 heteroatoms. The first kappa shape index (κ1) is 27.7. The molecule has 3 heterocycles. The summed E-state index contributed by atoms with van der Waals surface area (Å²) >= 11 is 0. The molecule has 0 saturated carbocycles. The number of carboxylic acid groups (broad SMARTS) is 1. The first-order valence-electron chi connectivity index (χ1n) is 13.3. The van der Waals surface area contributed by atoms with Crippen molar-refractivity contribution >= 4 is 23.3 Å². The van der Waals surface area contributed by atoms with E-state index >= 15 is 0 Å². The molecule has 7 nitrogen and oxygen atoms in total. The molecule has 3 aliphatic rings. The van der Waals surface area contributed by atoms with E-state index in [0.29, 0.717) is 5.56 Å². The van der Waals surface area contributed by atoms with Gasteiger partial charge in [0.05, 0.1) is 11.3 Å². The Kier molecular flexibility index (Phi) is 8.09. The van der Waals surface area contributed by atoms with Crippen LogP contribution < -0.4 is 9.80 Å². The monoisotopic (exact) mass is 525 g/mol. The maximum absolute atomic E-state index is 14.0. The number of carbonyl (C=O) groups is 2. The molecule has 3 aliphatic heterocycles. The largest absolute Gasteiger partial charge is 0.478 e. The third kappa shape index (κ3) is 5.90. The summed E-state index contributed by atoms with van der Waals surface area (Å²) in [5.74, 6) is -3.38. The zero-order valence-corrected chi connectivity index (χ0v) is 21.9. The molecule has 1 N–H and O–H groups in total. The average Bonchev–Trinajstić information content (AvgIpc) is 3.50. The van der Waals surface area contributed by atoms with Crippen LogP contribution in [-0.4, -0.2) is 79.5 Å². The number of hydrogen-bond acceptors (Lipinski definition) is 5. The van der Waals surface area contributed by atoms with Crippen molar-refractivity contribution < 1.29 is 32.6 Å². The lowest BCUT2D eigenvalue weighted by Crippen LogP contribution is -2.51. The highest BCUT2D eigenvalue weighted by molar-refractivity contribution is 6.06. The van der Waals surface area contributed by atoms with Crippen LogP contribution in [0.2, 0.25) is 0 Å². The van der Waals surface area contributed by atoms with Gasteiger partial charge >= 0.3 is 18.1 Å². The molecule has 37 heavy (non-hydrogen) atoms. The predicted molar refractivity (Wildman–Crippen MR) is 136 cm³/mol. The molecule has 4 rings (SSSR count). The van der Waals surface area contributed by atoms with E-state index in [9.17, 15) is 27.9 Å². The molecule has 0 bridgehead atoms. The minimum absolute atomic E-state index is 0.126. The molecule has 0 radical (unpaired) electrons. The lowest BCUT2D eigenvalue weighted by molar-refractivity contribution is -0.171. The molecule has 3 saturated heterocycles. The van der Waals surface area contributed by atoms with Gasteiger partial charge in [-0.1, -0.05) is 20.8 Å². The zero-order chi connectivity index (χ0) is 27.0. The van der Waals surface area contributed by atoms with Crippen LogP contribution in [0, 0.1) is 0 Å². The summed E-state index contributed by atoms with van der Waals surface area (Å²) in [6.07, 6.45) is -0.504. The fourth-order valence-corrected chi connectivity index (χ4v) is 6.12. The number of rotatable bonds is 6. The molecule has 0 unspecified atom stereocenters. The third-order valence-corrected chi connectivity index (χ3v) is 7.75. The van der Waals surface area contributed by atoms with Gasteiger partial charge in [-0.05, 0) is 69.2 Å². The van der Waals surface area contributed by atoms with E-state index in [-0.39, 0.29) is 43.3 Å². The lowest BCUT2D eigenvalue weighted by atomic mass is 9.81. The van der Waals surface area contributed by atoms with E-state index in [1.807, 2.05) is 20.8 Å². The van der Waals surface area contributed by atoms with Crippen molar-refractivity contribution in [3.63, 3.8) is 0 Å². The normalized spacial score (nSPS) is 22.0. The van der Waals surface area contributed by atoms with Gasteiger partial charge in [0.2, 0.25) is 0 Å². The molecule has 0 aliphatic carbocycles. The summed E-state index contributed by atoms with van der Waals surface area (Å²) in [5, 5.41) is 10.1. The second kappa shape index (κ2) is 10.8. The van der Waals surface area contributed by atoms with Crippen molar-refractivity contribution in [1.29, 1.82) is 0 Å². The maximum Gasteiger partial charge on any atom is 0.471 e. The van der Waals surface area contributed by atoms with Crippen molar-refractivity contribution in [1.82, 2.24) is 4.90 Å². The molecule has 1 atom stereocenters. The van der Waals surface area contributed by atoms with Gasteiger partial charge in [-0.2, -0.15) is 13.2 Å². The predicted octanol–water partition coefficient (Wildman–Crippen LogP) is 4.82. The number of benzene rings is 1. The zero-order valence-electron chi connectivity index (χ0n) is 21.9. The smallest absolute Gasteiger partial charge is 0.471 e. The van der Waals surface area contributed by atoms with Crippen molar-refractivity contribution in [2.45, 2.75) is 83.0 Å². The Morgan fingerprint density at radius 1 is 1.03 bits per heavy atom. The Bertz CT molecular complexity index is 996. The average molecular weight is 526 g/mol. The van der Waals surface area contributed by atoms with Crippen LogP contribution in [0.15, 0.2) is 12.1 Å². The number of likely N-dealkylation sites (tertiary alicyclic amines) is 1. The van der Waals surface area contributed by atoms with Gasteiger partial charge < -0.3 is 24.5 Å². The Morgan fingerprint density at radius 3 is 2.24 bits per heavy atom. The van der Waals surface area contributed by atoms with Crippen LogP contribution in [0.4, 0.5) is 24.5 Å².